The van der Waals surface area contributed by atoms with Crippen LogP contribution in [0.5, 0.6) is 0 Å². The van der Waals surface area contributed by atoms with Gasteiger partial charge in [0.2, 0.25) is 0 Å². The Kier molecular flexibility index (Phi) is 5.00. The number of hydrogen-bond donors (Lipinski definition) is 1. The van der Waals surface area contributed by atoms with Gasteiger partial charge in [-0.1, -0.05) is 13.8 Å². The van der Waals surface area contributed by atoms with Crippen LogP contribution in [0.2, 0.25) is 0 Å². The summed E-state index contributed by atoms with van der Waals surface area (Å²) in [6, 6.07) is 3.18. The summed E-state index contributed by atoms with van der Waals surface area (Å²) in [7, 11) is 0. The summed E-state index contributed by atoms with van der Waals surface area (Å²) in [6.45, 7) is 7.14. The number of rotatable bonds is 5. The van der Waals surface area contributed by atoms with E-state index in [9.17, 15) is 13.6 Å². The molecule has 1 aromatic carbocycles. The van der Waals surface area contributed by atoms with Crippen LogP contribution in [0.25, 0.3) is 0 Å². The summed E-state index contributed by atoms with van der Waals surface area (Å²) in [4.78, 5) is 13.8. The average Bonchev–Trinajstić information content (AvgIpc) is 2.38. The van der Waals surface area contributed by atoms with Gasteiger partial charge in [0.1, 0.15) is 0 Å². The van der Waals surface area contributed by atoms with Crippen LogP contribution >= 0.6 is 0 Å². The van der Waals surface area contributed by atoms with Gasteiger partial charge >= 0.3 is 0 Å². The molecule has 0 spiro atoms. The van der Waals surface area contributed by atoms with Crippen LogP contribution in [0.15, 0.2) is 18.2 Å². The first-order valence-corrected chi connectivity index (χ1v) is 6.25. The van der Waals surface area contributed by atoms with E-state index >= 15 is 0 Å². The Labute approximate surface area is 112 Å². The highest BCUT2D eigenvalue weighted by atomic mass is 19.2. The van der Waals surface area contributed by atoms with Crippen LogP contribution in [0.1, 0.15) is 31.1 Å². The molecule has 0 atom stereocenters. The Morgan fingerprint density at radius 3 is 2.42 bits per heavy atom. The molecule has 0 unspecified atom stereocenters. The maximum absolute atomic E-state index is 13.1. The zero-order chi connectivity index (χ0) is 14.6. The van der Waals surface area contributed by atoms with E-state index in [1.165, 1.54) is 6.07 Å². The first-order chi connectivity index (χ1) is 8.80. The molecule has 0 radical (unpaired) electrons. The molecule has 0 saturated carbocycles. The third-order valence-corrected chi connectivity index (χ3v) is 3.01. The van der Waals surface area contributed by atoms with Crippen LogP contribution in [0, 0.1) is 17.0 Å². The van der Waals surface area contributed by atoms with Gasteiger partial charge in [0.15, 0.2) is 11.6 Å². The van der Waals surface area contributed by atoms with Crippen molar-refractivity contribution in [2.24, 2.45) is 11.1 Å². The van der Waals surface area contributed by atoms with Crippen molar-refractivity contribution in [2.45, 2.75) is 20.8 Å². The molecule has 0 heterocycles. The van der Waals surface area contributed by atoms with E-state index in [-0.39, 0.29) is 16.9 Å². The second kappa shape index (κ2) is 6.10. The normalized spacial score (nSPS) is 11.5. The molecule has 0 bridgehead atoms. The minimum Gasteiger partial charge on any atom is -0.338 e. The van der Waals surface area contributed by atoms with Crippen molar-refractivity contribution in [2.75, 3.05) is 19.6 Å². The number of carbonyl (C=O) groups excluding carboxylic acids is 1. The zero-order valence-electron chi connectivity index (χ0n) is 11.5. The van der Waals surface area contributed by atoms with E-state index in [2.05, 4.69) is 0 Å². The number of halogens is 2. The summed E-state index contributed by atoms with van der Waals surface area (Å²) in [5, 5.41) is 0. The Hall–Kier alpha value is -1.49. The molecule has 0 aromatic heterocycles. The average molecular weight is 270 g/mol. The van der Waals surface area contributed by atoms with Gasteiger partial charge in [-0.25, -0.2) is 8.78 Å². The number of hydrogen-bond acceptors (Lipinski definition) is 2. The molecular formula is C14H20F2N2O. The van der Waals surface area contributed by atoms with Gasteiger partial charge in [0.25, 0.3) is 5.91 Å². The Balaban J connectivity index is 2.92. The first-order valence-electron chi connectivity index (χ1n) is 6.25. The van der Waals surface area contributed by atoms with Crippen LogP contribution in [-0.4, -0.2) is 30.4 Å². The number of carbonyl (C=O) groups is 1. The molecule has 5 heteroatoms. The van der Waals surface area contributed by atoms with Crippen LogP contribution < -0.4 is 5.73 Å². The molecule has 0 aliphatic carbocycles. The summed E-state index contributed by atoms with van der Waals surface area (Å²) in [5.74, 6) is -2.29. The highest BCUT2D eigenvalue weighted by molar-refractivity contribution is 5.94. The smallest absolute Gasteiger partial charge is 0.253 e. The molecule has 1 amide bonds. The SMILES string of the molecule is CCN(CC(C)(C)CN)C(=O)c1ccc(F)c(F)c1. The van der Waals surface area contributed by atoms with Gasteiger partial charge < -0.3 is 10.6 Å². The lowest BCUT2D eigenvalue weighted by molar-refractivity contribution is 0.0700. The highest BCUT2D eigenvalue weighted by Gasteiger charge is 2.24. The van der Waals surface area contributed by atoms with Crippen molar-refractivity contribution in [3.8, 4) is 0 Å². The fourth-order valence-corrected chi connectivity index (χ4v) is 1.72. The molecule has 0 aliphatic heterocycles. The molecule has 0 aliphatic rings. The van der Waals surface area contributed by atoms with Gasteiger partial charge in [0.05, 0.1) is 0 Å². The van der Waals surface area contributed by atoms with Crippen molar-refractivity contribution in [3.05, 3.63) is 35.4 Å². The second-order valence-electron chi connectivity index (χ2n) is 5.32. The lowest BCUT2D eigenvalue weighted by Crippen LogP contribution is -2.42. The molecule has 1 aromatic rings. The number of benzene rings is 1. The Morgan fingerprint density at radius 1 is 1.32 bits per heavy atom. The van der Waals surface area contributed by atoms with Gasteiger partial charge in [-0.15, -0.1) is 0 Å². The lowest BCUT2D eigenvalue weighted by atomic mass is 9.93. The van der Waals surface area contributed by atoms with Gasteiger partial charge in [-0.3, -0.25) is 4.79 Å². The van der Waals surface area contributed by atoms with E-state index < -0.39 is 11.6 Å². The van der Waals surface area contributed by atoms with E-state index in [1.54, 1.807) is 4.90 Å². The Morgan fingerprint density at radius 2 is 1.95 bits per heavy atom. The van der Waals surface area contributed by atoms with E-state index in [0.717, 1.165) is 12.1 Å². The molecule has 0 fully saturated rings. The van der Waals surface area contributed by atoms with Crippen molar-refractivity contribution >= 4 is 5.91 Å². The Bertz CT molecular complexity index is 461. The van der Waals surface area contributed by atoms with Crippen LogP contribution in [0.3, 0.4) is 0 Å². The molecule has 2 N–H and O–H groups in total. The largest absolute Gasteiger partial charge is 0.338 e. The third kappa shape index (κ3) is 3.99. The molecule has 106 valence electrons. The van der Waals surface area contributed by atoms with E-state index in [0.29, 0.717) is 19.6 Å². The molecule has 3 nitrogen and oxygen atoms in total. The summed E-state index contributed by atoms with van der Waals surface area (Å²) in [5.41, 5.74) is 5.57. The van der Waals surface area contributed by atoms with E-state index in [1.807, 2.05) is 20.8 Å². The van der Waals surface area contributed by atoms with Crippen LogP contribution in [0.4, 0.5) is 8.78 Å². The second-order valence-corrected chi connectivity index (χ2v) is 5.32. The minimum absolute atomic E-state index is 0.147. The summed E-state index contributed by atoms with van der Waals surface area (Å²) < 4.78 is 26.0. The monoisotopic (exact) mass is 270 g/mol. The lowest BCUT2D eigenvalue weighted by Gasteiger charge is -2.31. The maximum Gasteiger partial charge on any atom is 0.253 e. The molecular weight excluding hydrogens is 250 g/mol. The van der Waals surface area contributed by atoms with Crippen LogP contribution in [-0.2, 0) is 0 Å². The summed E-state index contributed by atoms with van der Waals surface area (Å²) in [6.07, 6.45) is 0. The van der Waals surface area contributed by atoms with Crippen molar-refractivity contribution in [1.82, 2.24) is 4.90 Å². The zero-order valence-corrected chi connectivity index (χ0v) is 11.5. The minimum atomic E-state index is -1.01. The molecule has 1 rings (SSSR count). The van der Waals surface area contributed by atoms with E-state index in [4.69, 9.17) is 5.73 Å². The third-order valence-electron chi connectivity index (χ3n) is 3.01. The fourth-order valence-electron chi connectivity index (χ4n) is 1.72. The predicted octanol–water partition coefficient (Wildman–Crippen LogP) is 2.41. The van der Waals surface area contributed by atoms with Crippen molar-refractivity contribution in [1.29, 1.82) is 0 Å². The molecule has 19 heavy (non-hydrogen) atoms. The maximum atomic E-state index is 13.1. The quantitative estimate of drug-likeness (QED) is 0.893. The number of amides is 1. The first kappa shape index (κ1) is 15.6. The van der Waals surface area contributed by atoms with Gasteiger partial charge in [0, 0.05) is 18.7 Å². The van der Waals surface area contributed by atoms with Crippen molar-refractivity contribution < 1.29 is 13.6 Å². The molecule has 0 saturated heterocycles. The van der Waals surface area contributed by atoms with Gasteiger partial charge in [-0.05, 0) is 37.1 Å². The predicted molar refractivity (Wildman–Crippen MR) is 70.8 cm³/mol. The standard InChI is InChI=1S/C14H20F2N2O/c1-4-18(9-14(2,3)8-17)13(19)10-5-6-11(15)12(16)7-10/h5-7H,4,8-9,17H2,1-3H3. The number of nitrogens with zero attached hydrogens (tertiary/aromatic N) is 1. The van der Waals surface area contributed by atoms with Crippen molar-refractivity contribution in [3.63, 3.8) is 0 Å². The fraction of sp³-hybridized carbons (Fsp3) is 0.500. The highest BCUT2D eigenvalue weighted by Crippen LogP contribution is 2.17. The topological polar surface area (TPSA) is 46.3 Å². The number of nitrogens with two attached hydrogens (primary N) is 1. The summed E-state index contributed by atoms with van der Waals surface area (Å²) >= 11 is 0. The van der Waals surface area contributed by atoms with Gasteiger partial charge in [-0.2, -0.15) is 0 Å².